The van der Waals surface area contributed by atoms with Crippen molar-refractivity contribution < 1.29 is 0 Å². The SMILES string of the molecule is CCCCCC(C)N=C(N)C(C)C. The lowest BCUT2D eigenvalue weighted by Gasteiger charge is -2.09. The van der Waals surface area contributed by atoms with Crippen LogP contribution in [0.4, 0.5) is 0 Å². The lowest BCUT2D eigenvalue weighted by molar-refractivity contribution is 0.589. The van der Waals surface area contributed by atoms with Crippen LogP contribution in [0.1, 0.15) is 53.4 Å². The maximum atomic E-state index is 5.77. The molecule has 0 bridgehead atoms. The van der Waals surface area contributed by atoms with Gasteiger partial charge >= 0.3 is 0 Å². The first-order valence-electron chi connectivity index (χ1n) is 5.41. The zero-order valence-corrected chi connectivity index (χ0v) is 9.51. The molecular weight excluding hydrogens is 160 g/mol. The van der Waals surface area contributed by atoms with Gasteiger partial charge < -0.3 is 5.73 Å². The van der Waals surface area contributed by atoms with Crippen LogP contribution < -0.4 is 5.73 Å². The molecule has 78 valence electrons. The van der Waals surface area contributed by atoms with E-state index in [9.17, 15) is 0 Å². The molecule has 0 aromatic heterocycles. The van der Waals surface area contributed by atoms with Gasteiger partial charge in [0.05, 0.1) is 5.84 Å². The fraction of sp³-hybridized carbons (Fsp3) is 0.909. The van der Waals surface area contributed by atoms with E-state index in [1.165, 1.54) is 25.7 Å². The largest absolute Gasteiger partial charge is 0.387 e. The molecule has 2 N–H and O–H groups in total. The van der Waals surface area contributed by atoms with Crippen molar-refractivity contribution in [3.63, 3.8) is 0 Å². The van der Waals surface area contributed by atoms with Gasteiger partial charge in [-0.15, -0.1) is 0 Å². The monoisotopic (exact) mass is 184 g/mol. The number of unbranched alkanes of at least 4 members (excludes halogenated alkanes) is 2. The van der Waals surface area contributed by atoms with Crippen molar-refractivity contribution in [3.05, 3.63) is 0 Å². The Hall–Kier alpha value is -0.530. The van der Waals surface area contributed by atoms with Gasteiger partial charge in [0.1, 0.15) is 0 Å². The summed E-state index contributed by atoms with van der Waals surface area (Å²) < 4.78 is 0. The molecule has 0 fully saturated rings. The average Bonchev–Trinajstić information content (AvgIpc) is 2.04. The molecule has 0 saturated carbocycles. The molecule has 0 aliphatic carbocycles. The number of amidine groups is 1. The van der Waals surface area contributed by atoms with Crippen LogP contribution >= 0.6 is 0 Å². The number of nitrogens with zero attached hydrogens (tertiary/aromatic N) is 1. The Morgan fingerprint density at radius 2 is 1.85 bits per heavy atom. The smallest absolute Gasteiger partial charge is 0.0966 e. The number of nitrogens with two attached hydrogens (primary N) is 1. The molecule has 13 heavy (non-hydrogen) atoms. The number of hydrogen-bond donors (Lipinski definition) is 1. The molecule has 0 aromatic carbocycles. The van der Waals surface area contributed by atoms with Crippen molar-refractivity contribution in [3.8, 4) is 0 Å². The average molecular weight is 184 g/mol. The van der Waals surface area contributed by atoms with E-state index < -0.39 is 0 Å². The quantitative estimate of drug-likeness (QED) is 0.385. The summed E-state index contributed by atoms with van der Waals surface area (Å²) in [6.45, 7) is 8.52. The van der Waals surface area contributed by atoms with Crippen LogP contribution in [-0.2, 0) is 0 Å². The van der Waals surface area contributed by atoms with E-state index in [4.69, 9.17) is 5.73 Å². The highest BCUT2D eigenvalue weighted by Gasteiger charge is 2.03. The number of hydrogen-bond acceptors (Lipinski definition) is 1. The molecule has 0 aliphatic rings. The Kier molecular flexibility index (Phi) is 6.65. The van der Waals surface area contributed by atoms with Gasteiger partial charge in [-0.3, -0.25) is 4.99 Å². The van der Waals surface area contributed by atoms with Gasteiger partial charge in [-0.05, 0) is 13.3 Å². The second-order valence-electron chi connectivity index (χ2n) is 4.05. The van der Waals surface area contributed by atoms with Crippen LogP contribution in [0.15, 0.2) is 4.99 Å². The van der Waals surface area contributed by atoms with E-state index in [1.54, 1.807) is 0 Å². The van der Waals surface area contributed by atoms with E-state index in [2.05, 4.69) is 32.7 Å². The van der Waals surface area contributed by atoms with Crippen molar-refractivity contribution in [2.75, 3.05) is 0 Å². The number of rotatable bonds is 6. The molecule has 1 atom stereocenters. The summed E-state index contributed by atoms with van der Waals surface area (Å²) in [5.74, 6) is 1.18. The zero-order chi connectivity index (χ0) is 10.3. The van der Waals surface area contributed by atoms with E-state index >= 15 is 0 Å². The molecule has 2 nitrogen and oxygen atoms in total. The first kappa shape index (κ1) is 12.5. The van der Waals surface area contributed by atoms with Crippen LogP contribution in [0.2, 0.25) is 0 Å². The lowest BCUT2D eigenvalue weighted by atomic mass is 10.1. The van der Waals surface area contributed by atoms with Crippen molar-refractivity contribution in [2.24, 2.45) is 16.6 Å². The third-order valence-electron chi connectivity index (χ3n) is 2.19. The van der Waals surface area contributed by atoms with Gasteiger partial charge in [0.15, 0.2) is 0 Å². The predicted octanol–water partition coefficient (Wildman–Crippen LogP) is 2.97. The molecule has 1 unspecified atom stereocenters. The van der Waals surface area contributed by atoms with Crippen LogP contribution in [0, 0.1) is 5.92 Å². The van der Waals surface area contributed by atoms with Crippen molar-refractivity contribution >= 4 is 5.84 Å². The Labute approximate surface area is 82.6 Å². The fourth-order valence-electron chi connectivity index (χ4n) is 1.16. The Morgan fingerprint density at radius 3 is 2.31 bits per heavy atom. The Balaban J connectivity index is 3.71. The van der Waals surface area contributed by atoms with Crippen LogP contribution in [0.5, 0.6) is 0 Å². The molecule has 0 heterocycles. The van der Waals surface area contributed by atoms with Crippen LogP contribution in [0.3, 0.4) is 0 Å². The summed E-state index contributed by atoms with van der Waals surface area (Å²) in [5.41, 5.74) is 5.77. The van der Waals surface area contributed by atoms with Crippen LogP contribution in [0.25, 0.3) is 0 Å². The fourth-order valence-corrected chi connectivity index (χ4v) is 1.16. The molecule has 0 amide bonds. The van der Waals surface area contributed by atoms with Gasteiger partial charge in [0.25, 0.3) is 0 Å². The third-order valence-corrected chi connectivity index (χ3v) is 2.19. The minimum absolute atomic E-state index is 0.383. The minimum atomic E-state index is 0.383. The molecule has 0 spiro atoms. The van der Waals surface area contributed by atoms with Gasteiger partial charge in [-0.2, -0.15) is 0 Å². The Bertz CT molecular complexity index is 150. The molecular formula is C11H24N2. The van der Waals surface area contributed by atoms with Gasteiger partial charge in [-0.1, -0.05) is 40.0 Å². The zero-order valence-electron chi connectivity index (χ0n) is 9.51. The van der Waals surface area contributed by atoms with Crippen molar-refractivity contribution in [1.29, 1.82) is 0 Å². The molecule has 0 saturated heterocycles. The standard InChI is InChI=1S/C11H24N2/c1-5-6-7-8-10(4)13-11(12)9(2)3/h9-10H,5-8H2,1-4H3,(H2,12,13). The summed E-state index contributed by atoms with van der Waals surface area (Å²) in [5, 5.41) is 0. The summed E-state index contributed by atoms with van der Waals surface area (Å²) >= 11 is 0. The summed E-state index contributed by atoms with van der Waals surface area (Å²) in [6.07, 6.45) is 5.02. The Morgan fingerprint density at radius 1 is 1.23 bits per heavy atom. The summed E-state index contributed by atoms with van der Waals surface area (Å²) in [7, 11) is 0. The highest BCUT2D eigenvalue weighted by Crippen LogP contribution is 2.06. The van der Waals surface area contributed by atoms with E-state index in [0.29, 0.717) is 12.0 Å². The third kappa shape index (κ3) is 6.62. The molecule has 0 aliphatic heterocycles. The van der Waals surface area contributed by atoms with Crippen molar-refractivity contribution in [1.82, 2.24) is 0 Å². The maximum Gasteiger partial charge on any atom is 0.0966 e. The number of aliphatic imine (C=N–C) groups is 1. The molecule has 0 rings (SSSR count). The highest BCUT2D eigenvalue weighted by atomic mass is 14.9. The van der Waals surface area contributed by atoms with Crippen LogP contribution in [-0.4, -0.2) is 11.9 Å². The minimum Gasteiger partial charge on any atom is -0.387 e. The predicted molar refractivity (Wildman–Crippen MR) is 60.1 cm³/mol. The first-order valence-corrected chi connectivity index (χ1v) is 5.41. The second-order valence-corrected chi connectivity index (χ2v) is 4.05. The van der Waals surface area contributed by atoms with E-state index in [1.807, 2.05) is 0 Å². The molecule has 2 heteroatoms. The maximum absolute atomic E-state index is 5.77. The normalized spacial score (nSPS) is 15.0. The highest BCUT2D eigenvalue weighted by molar-refractivity contribution is 5.82. The van der Waals surface area contributed by atoms with E-state index in [0.717, 1.165) is 5.84 Å². The topological polar surface area (TPSA) is 38.4 Å². The lowest BCUT2D eigenvalue weighted by Crippen LogP contribution is -2.21. The van der Waals surface area contributed by atoms with Gasteiger partial charge in [-0.25, -0.2) is 0 Å². The second kappa shape index (κ2) is 6.93. The summed E-state index contributed by atoms with van der Waals surface area (Å²) in [6, 6.07) is 0.397. The van der Waals surface area contributed by atoms with E-state index in [-0.39, 0.29) is 0 Å². The summed E-state index contributed by atoms with van der Waals surface area (Å²) in [4.78, 5) is 4.44. The van der Waals surface area contributed by atoms with Gasteiger partial charge in [0.2, 0.25) is 0 Å². The van der Waals surface area contributed by atoms with Crippen molar-refractivity contribution in [2.45, 2.75) is 59.4 Å². The molecule has 0 aromatic rings. The van der Waals surface area contributed by atoms with Gasteiger partial charge in [0, 0.05) is 12.0 Å². The molecule has 0 radical (unpaired) electrons. The first-order chi connectivity index (χ1) is 6.07.